The molecule has 2 heterocycles. The Balaban J connectivity index is 1.83. The Bertz CT molecular complexity index is 1020. The first kappa shape index (κ1) is 18.7. The van der Waals surface area contributed by atoms with Crippen LogP contribution in [0, 0.1) is 0 Å². The zero-order valence-electron chi connectivity index (χ0n) is 14.7. The van der Waals surface area contributed by atoms with Crippen molar-refractivity contribution in [2.75, 3.05) is 33.4 Å². The van der Waals surface area contributed by atoms with Gasteiger partial charge >= 0.3 is 0 Å². The predicted octanol–water partition coefficient (Wildman–Crippen LogP) is 5.36. The van der Waals surface area contributed by atoms with Crippen LogP contribution >= 0.6 is 38.9 Å². The molecule has 1 aromatic heterocycles. The average Bonchev–Trinajstić information content (AvgIpc) is 3.35. The third-order valence-corrected chi connectivity index (χ3v) is 6.42. The van der Waals surface area contributed by atoms with E-state index in [0.717, 1.165) is 60.3 Å². The highest BCUT2D eigenvalue weighted by molar-refractivity contribution is 9.10. The summed E-state index contributed by atoms with van der Waals surface area (Å²) >= 11 is 11.4. The maximum Gasteiger partial charge on any atom is 0.145 e. The van der Waals surface area contributed by atoms with Gasteiger partial charge in [0.15, 0.2) is 0 Å². The molecule has 0 fully saturated rings. The van der Waals surface area contributed by atoms with E-state index in [1.165, 1.54) is 0 Å². The highest BCUT2D eigenvalue weighted by Gasteiger charge is 2.19. The molecule has 1 N–H and O–H groups in total. The molecule has 0 bridgehead atoms. The molecule has 0 radical (unpaired) electrons. The minimum Gasteiger partial charge on any atom is -0.489 e. The summed E-state index contributed by atoms with van der Waals surface area (Å²) in [6, 6.07) is 12.5. The molecule has 1 aliphatic heterocycles. The van der Waals surface area contributed by atoms with Gasteiger partial charge in [0.2, 0.25) is 0 Å². The highest BCUT2D eigenvalue weighted by Crippen LogP contribution is 2.40. The van der Waals surface area contributed by atoms with E-state index >= 15 is 0 Å². The van der Waals surface area contributed by atoms with Gasteiger partial charge in [0.1, 0.15) is 18.2 Å². The Hall–Kier alpha value is -1.60. The van der Waals surface area contributed by atoms with Crippen molar-refractivity contribution in [3.63, 3.8) is 0 Å². The first-order chi connectivity index (χ1) is 13.2. The van der Waals surface area contributed by atoms with E-state index in [-0.39, 0.29) is 0 Å². The van der Waals surface area contributed by atoms with E-state index in [0.29, 0.717) is 13.2 Å². The number of nitrogens with zero attached hydrogens (tertiary/aromatic N) is 1. The molecule has 7 heteroatoms. The summed E-state index contributed by atoms with van der Waals surface area (Å²) in [6.07, 6.45) is 0. The first-order valence-corrected chi connectivity index (χ1v) is 10.6. The molecule has 0 amide bonds. The average molecular weight is 466 g/mol. The van der Waals surface area contributed by atoms with Crippen molar-refractivity contribution in [1.29, 1.82) is 0 Å². The van der Waals surface area contributed by atoms with E-state index in [4.69, 9.17) is 21.1 Å². The third kappa shape index (κ3) is 3.85. The Morgan fingerprint density at radius 3 is 2.81 bits per heavy atom. The molecule has 0 atom stereocenters. The number of hydrogen-bond acceptors (Lipinski definition) is 5. The molecule has 0 aliphatic carbocycles. The second kappa shape index (κ2) is 8.19. The predicted molar refractivity (Wildman–Crippen MR) is 117 cm³/mol. The summed E-state index contributed by atoms with van der Waals surface area (Å²) < 4.78 is 12.9. The van der Waals surface area contributed by atoms with Gasteiger partial charge in [-0.1, -0.05) is 23.7 Å². The summed E-state index contributed by atoms with van der Waals surface area (Å²) in [6.45, 7) is 2.63. The monoisotopic (exact) mass is 464 g/mol. The topological polar surface area (TPSA) is 42.9 Å². The quantitative estimate of drug-likeness (QED) is 0.498. The summed E-state index contributed by atoms with van der Waals surface area (Å²) in [5.74, 6) is 1.66. The number of fused-ring (bicyclic) bond motifs is 1. The maximum atomic E-state index is 6.11. The fourth-order valence-corrected chi connectivity index (χ4v) is 4.82. The first-order valence-electron chi connectivity index (χ1n) is 8.60. The fourth-order valence-electron chi connectivity index (χ4n) is 3.09. The lowest BCUT2D eigenvalue weighted by Gasteiger charge is -2.16. The largest absolute Gasteiger partial charge is 0.489 e. The summed E-state index contributed by atoms with van der Waals surface area (Å²) in [7, 11) is 1.67. The van der Waals surface area contributed by atoms with E-state index in [2.05, 4.69) is 56.6 Å². The van der Waals surface area contributed by atoms with Crippen LogP contribution in [-0.4, -0.2) is 39.2 Å². The van der Waals surface area contributed by atoms with Crippen molar-refractivity contribution in [2.24, 2.45) is 4.99 Å². The van der Waals surface area contributed by atoms with Gasteiger partial charge in [0.25, 0.3) is 0 Å². The normalized spacial score (nSPS) is 13.7. The molecule has 27 heavy (non-hydrogen) atoms. The van der Waals surface area contributed by atoms with Crippen LogP contribution in [0.25, 0.3) is 21.2 Å². The molecule has 4 rings (SSSR count). The molecule has 0 unspecified atom stereocenters. The minimum absolute atomic E-state index is 0.479. The molecule has 2 aromatic carbocycles. The summed E-state index contributed by atoms with van der Waals surface area (Å²) in [5, 5.41) is 5.56. The van der Waals surface area contributed by atoms with Crippen molar-refractivity contribution >= 4 is 55.5 Å². The van der Waals surface area contributed by atoms with Crippen LogP contribution in [-0.2, 0) is 4.74 Å². The molecule has 1 aliphatic rings. The molecule has 0 saturated heterocycles. The van der Waals surface area contributed by atoms with Crippen LogP contribution < -0.4 is 10.1 Å². The highest BCUT2D eigenvalue weighted by atomic mass is 79.9. The Morgan fingerprint density at radius 2 is 2.11 bits per heavy atom. The SMILES string of the molecule is COCCOc1c(C2=NCCN2)cc2cc(-c3ccc(Cl)s3)ccc2c1Br. The van der Waals surface area contributed by atoms with E-state index in [9.17, 15) is 0 Å². The third-order valence-electron chi connectivity index (χ3n) is 4.35. The second-order valence-corrected chi connectivity index (χ2v) is 8.61. The van der Waals surface area contributed by atoms with Crippen LogP contribution in [0.3, 0.4) is 0 Å². The number of rotatable bonds is 6. The number of methoxy groups -OCH3 is 1. The van der Waals surface area contributed by atoms with Crippen molar-refractivity contribution in [1.82, 2.24) is 5.32 Å². The Labute approximate surface area is 175 Å². The standard InChI is InChI=1S/C20H18BrClN2O2S/c1-25-8-9-26-19-15(20-23-6-7-24-20)11-13-10-12(2-3-14(13)18(19)21)16-4-5-17(22)27-16/h2-5,10-11H,6-9H2,1H3,(H,23,24). The number of amidine groups is 1. The van der Waals surface area contributed by atoms with Crippen LogP contribution in [0.15, 0.2) is 45.9 Å². The van der Waals surface area contributed by atoms with E-state index in [1.807, 2.05) is 6.07 Å². The maximum absolute atomic E-state index is 6.11. The van der Waals surface area contributed by atoms with Gasteiger partial charge in [-0.05, 0) is 56.5 Å². The van der Waals surface area contributed by atoms with Crippen molar-refractivity contribution < 1.29 is 9.47 Å². The molecule has 4 nitrogen and oxygen atoms in total. The van der Waals surface area contributed by atoms with Gasteiger partial charge in [-0.2, -0.15) is 0 Å². The summed E-state index contributed by atoms with van der Waals surface area (Å²) in [5.41, 5.74) is 2.11. The molecular formula is C20H18BrClN2O2S. The van der Waals surface area contributed by atoms with Crippen LogP contribution in [0.2, 0.25) is 4.34 Å². The van der Waals surface area contributed by atoms with Gasteiger partial charge in [-0.3, -0.25) is 4.99 Å². The van der Waals surface area contributed by atoms with Crippen molar-refractivity contribution in [3.8, 4) is 16.2 Å². The summed E-state index contributed by atoms with van der Waals surface area (Å²) in [4.78, 5) is 5.73. The lowest BCUT2D eigenvalue weighted by atomic mass is 10.0. The number of benzene rings is 2. The number of ether oxygens (including phenoxy) is 2. The van der Waals surface area contributed by atoms with Gasteiger partial charge in [0, 0.05) is 18.5 Å². The lowest BCUT2D eigenvalue weighted by Crippen LogP contribution is -2.21. The molecule has 140 valence electrons. The van der Waals surface area contributed by atoms with Gasteiger partial charge in [-0.25, -0.2) is 0 Å². The number of aliphatic imine (C=N–C) groups is 1. The fraction of sp³-hybridized carbons (Fsp3) is 0.250. The van der Waals surface area contributed by atoms with Crippen molar-refractivity contribution in [3.05, 3.63) is 50.8 Å². The van der Waals surface area contributed by atoms with Gasteiger partial charge in [0.05, 0.1) is 27.5 Å². The lowest BCUT2D eigenvalue weighted by molar-refractivity contribution is 0.146. The Kier molecular flexibility index (Phi) is 5.68. The number of thiophene rings is 1. The van der Waals surface area contributed by atoms with Gasteiger partial charge in [-0.15, -0.1) is 11.3 Å². The molecule has 0 spiro atoms. The number of hydrogen-bond donors (Lipinski definition) is 1. The van der Waals surface area contributed by atoms with Crippen LogP contribution in [0.4, 0.5) is 0 Å². The van der Waals surface area contributed by atoms with Gasteiger partial charge < -0.3 is 14.8 Å². The van der Waals surface area contributed by atoms with Crippen LogP contribution in [0.1, 0.15) is 5.56 Å². The van der Waals surface area contributed by atoms with E-state index in [1.54, 1.807) is 18.4 Å². The zero-order valence-corrected chi connectivity index (χ0v) is 17.9. The zero-order chi connectivity index (χ0) is 18.8. The molecule has 3 aromatic rings. The second-order valence-electron chi connectivity index (χ2n) is 6.11. The van der Waals surface area contributed by atoms with Crippen molar-refractivity contribution in [2.45, 2.75) is 0 Å². The smallest absolute Gasteiger partial charge is 0.145 e. The molecule has 0 saturated carbocycles. The number of halogens is 2. The Morgan fingerprint density at radius 1 is 1.22 bits per heavy atom. The minimum atomic E-state index is 0.479. The van der Waals surface area contributed by atoms with E-state index < -0.39 is 0 Å². The number of nitrogens with one attached hydrogen (secondary N) is 1. The molecular weight excluding hydrogens is 448 g/mol. The van der Waals surface area contributed by atoms with Crippen LogP contribution in [0.5, 0.6) is 5.75 Å².